The summed E-state index contributed by atoms with van der Waals surface area (Å²) in [4.78, 5) is 20.8. The van der Waals surface area contributed by atoms with Crippen LogP contribution in [0.3, 0.4) is 0 Å². The molecule has 2 N–H and O–H groups in total. The molecule has 0 saturated carbocycles. The van der Waals surface area contributed by atoms with Gasteiger partial charge < -0.3 is 5.32 Å². The van der Waals surface area contributed by atoms with Crippen LogP contribution >= 0.6 is 11.3 Å². The van der Waals surface area contributed by atoms with Crippen LogP contribution in [0.15, 0.2) is 59.1 Å². The minimum absolute atomic E-state index is 0.0266. The first-order chi connectivity index (χ1) is 13.8. The molecule has 0 radical (unpaired) electrons. The first kappa shape index (κ1) is 19.0. The summed E-state index contributed by atoms with van der Waals surface area (Å²) < 4.78 is 42.0. The van der Waals surface area contributed by atoms with Gasteiger partial charge in [0.05, 0.1) is 10.6 Å². The van der Waals surface area contributed by atoms with Crippen molar-refractivity contribution >= 4 is 43.7 Å². The molecule has 0 aliphatic heterocycles. The summed E-state index contributed by atoms with van der Waals surface area (Å²) in [6.45, 7) is 1.65. The Morgan fingerprint density at radius 2 is 1.93 bits per heavy atom. The predicted octanol–water partition coefficient (Wildman–Crippen LogP) is 3.29. The van der Waals surface area contributed by atoms with Crippen molar-refractivity contribution in [3.63, 3.8) is 0 Å². The quantitative estimate of drug-likeness (QED) is 0.504. The van der Waals surface area contributed by atoms with Crippen LogP contribution in [0.1, 0.15) is 16.2 Å². The molecule has 4 rings (SSSR count). The SMILES string of the molecule is Cc1nc2ccc(F)cn2c1C(=O)Nc1ccc(S(=O)(=O)Nc2nccs2)cc1. The highest BCUT2D eigenvalue weighted by Gasteiger charge is 2.19. The van der Waals surface area contributed by atoms with E-state index in [-0.39, 0.29) is 15.7 Å². The highest BCUT2D eigenvalue weighted by Crippen LogP contribution is 2.21. The minimum Gasteiger partial charge on any atom is -0.321 e. The standard InChI is InChI=1S/C18H14FN5O3S2/c1-11-16(24-10-12(19)2-7-15(24)21-11)17(25)22-13-3-5-14(6-4-13)29(26,27)23-18-20-8-9-28-18/h2-10H,1H3,(H,20,23)(H,22,25). The molecule has 0 bridgehead atoms. The summed E-state index contributed by atoms with van der Waals surface area (Å²) in [6, 6.07) is 8.41. The third kappa shape index (κ3) is 3.82. The number of nitrogens with zero attached hydrogens (tertiary/aromatic N) is 3. The lowest BCUT2D eigenvalue weighted by Crippen LogP contribution is -2.16. The molecule has 1 amide bonds. The number of imidazole rings is 1. The van der Waals surface area contributed by atoms with Crippen LogP contribution in [0.2, 0.25) is 0 Å². The number of nitrogens with one attached hydrogen (secondary N) is 2. The molecule has 0 fully saturated rings. The number of hydrogen-bond donors (Lipinski definition) is 2. The van der Waals surface area contributed by atoms with Gasteiger partial charge in [0.2, 0.25) is 0 Å². The molecule has 0 aliphatic carbocycles. The molecular weight excluding hydrogens is 417 g/mol. The number of fused-ring (bicyclic) bond motifs is 1. The fraction of sp³-hybridized carbons (Fsp3) is 0.0556. The van der Waals surface area contributed by atoms with Crippen LogP contribution < -0.4 is 10.0 Å². The van der Waals surface area contributed by atoms with Crippen molar-refractivity contribution in [1.29, 1.82) is 0 Å². The molecule has 0 spiro atoms. The van der Waals surface area contributed by atoms with Crippen molar-refractivity contribution in [3.05, 3.63) is 71.4 Å². The van der Waals surface area contributed by atoms with Crippen LogP contribution in [-0.2, 0) is 10.0 Å². The Kier molecular flexibility index (Phi) is 4.76. The Balaban J connectivity index is 1.56. The van der Waals surface area contributed by atoms with Crippen LogP contribution in [-0.4, -0.2) is 28.7 Å². The van der Waals surface area contributed by atoms with E-state index in [0.29, 0.717) is 17.0 Å². The van der Waals surface area contributed by atoms with Gasteiger partial charge >= 0.3 is 0 Å². The van der Waals surface area contributed by atoms with Crippen LogP contribution in [0, 0.1) is 12.7 Å². The highest BCUT2D eigenvalue weighted by molar-refractivity contribution is 7.93. The number of aryl methyl sites for hydroxylation is 1. The number of aromatic nitrogens is 3. The third-order valence-electron chi connectivity index (χ3n) is 4.05. The van der Waals surface area contributed by atoms with Gasteiger partial charge in [0.15, 0.2) is 5.13 Å². The average Bonchev–Trinajstić information content (AvgIpc) is 3.28. The molecule has 29 heavy (non-hydrogen) atoms. The maximum absolute atomic E-state index is 13.6. The number of carbonyl (C=O) groups excluding carboxylic acids is 1. The lowest BCUT2D eigenvalue weighted by Gasteiger charge is -2.08. The van der Waals surface area contributed by atoms with Gasteiger partial charge in [-0.2, -0.15) is 0 Å². The zero-order chi connectivity index (χ0) is 20.6. The molecule has 11 heteroatoms. The molecule has 8 nitrogen and oxygen atoms in total. The molecule has 148 valence electrons. The maximum Gasteiger partial charge on any atom is 0.274 e. The molecule has 0 unspecified atom stereocenters. The largest absolute Gasteiger partial charge is 0.321 e. The number of carbonyl (C=O) groups is 1. The summed E-state index contributed by atoms with van der Waals surface area (Å²) in [7, 11) is -3.78. The summed E-state index contributed by atoms with van der Waals surface area (Å²) in [5.41, 5.74) is 1.47. The summed E-state index contributed by atoms with van der Waals surface area (Å²) in [6.07, 6.45) is 2.68. The Morgan fingerprint density at radius 1 is 1.17 bits per heavy atom. The van der Waals surface area contributed by atoms with Gasteiger partial charge in [-0.05, 0) is 43.3 Å². The van der Waals surface area contributed by atoms with E-state index in [1.165, 1.54) is 53.2 Å². The molecule has 1 aromatic carbocycles. The van der Waals surface area contributed by atoms with E-state index in [4.69, 9.17) is 0 Å². The number of halogens is 1. The zero-order valence-corrected chi connectivity index (χ0v) is 16.6. The fourth-order valence-electron chi connectivity index (χ4n) is 2.77. The Labute approximate surface area is 169 Å². The number of rotatable bonds is 5. The van der Waals surface area contributed by atoms with E-state index >= 15 is 0 Å². The predicted molar refractivity (Wildman–Crippen MR) is 107 cm³/mol. The molecule has 0 aliphatic rings. The topological polar surface area (TPSA) is 105 Å². The van der Waals surface area contributed by atoms with Gasteiger partial charge in [-0.1, -0.05) is 0 Å². The summed E-state index contributed by atoms with van der Waals surface area (Å²) >= 11 is 1.16. The molecule has 0 saturated heterocycles. The number of hydrogen-bond acceptors (Lipinski definition) is 6. The minimum atomic E-state index is -3.78. The monoisotopic (exact) mass is 431 g/mol. The molecule has 0 atom stereocenters. The number of benzene rings is 1. The lowest BCUT2D eigenvalue weighted by molar-refractivity contribution is 0.102. The molecule has 3 heterocycles. The zero-order valence-electron chi connectivity index (χ0n) is 15.0. The van der Waals surface area contributed by atoms with Gasteiger partial charge in [0.1, 0.15) is 17.2 Å². The van der Waals surface area contributed by atoms with Gasteiger partial charge in [-0.15, -0.1) is 11.3 Å². The number of anilines is 2. The number of amides is 1. The van der Waals surface area contributed by atoms with Crippen molar-refractivity contribution < 1.29 is 17.6 Å². The second-order valence-corrected chi connectivity index (χ2v) is 8.62. The van der Waals surface area contributed by atoms with E-state index in [0.717, 1.165) is 11.3 Å². The van der Waals surface area contributed by atoms with Crippen molar-refractivity contribution in [3.8, 4) is 0 Å². The maximum atomic E-state index is 13.6. The third-order valence-corrected chi connectivity index (χ3v) is 6.22. The van der Waals surface area contributed by atoms with Crippen LogP contribution in [0.25, 0.3) is 5.65 Å². The lowest BCUT2D eigenvalue weighted by atomic mass is 10.3. The van der Waals surface area contributed by atoms with Crippen molar-refractivity contribution in [1.82, 2.24) is 14.4 Å². The second kappa shape index (κ2) is 7.26. The number of pyridine rings is 1. The van der Waals surface area contributed by atoms with E-state index in [1.807, 2.05) is 0 Å². The second-order valence-electron chi connectivity index (χ2n) is 6.04. The molecular formula is C18H14FN5O3S2. The van der Waals surface area contributed by atoms with Gasteiger partial charge in [-0.3, -0.25) is 13.9 Å². The van der Waals surface area contributed by atoms with E-state index in [1.54, 1.807) is 12.3 Å². The molecule has 3 aromatic heterocycles. The van der Waals surface area contributed by atoms with Gasteiger partial charge in [-0.25, -0.2) is 22.8 Å². The highest BCUT2D eigenvalue weighted by atomic mass is 32.2. The van der Waals surface area contributed by atoms with Crippen molar-refractivity contribution in [2.45, 2.75) is 11.8 Å². The van der Waals surface area contributed by atoms with Gasteiger partial charge in [0, 0.05) is 23.5 Å². The summed E-state index contributed by atoms with van der Waals surface area (Å²) in [5.74, 6) is -0.983. The average molecular weight is 431 g/mol. The Hall–Kier alpha value is -3.31. The normalized spacial score (nSPS) is 11.5. The van der Waals surface area contributed by atoms with Gasteiger partial charge in [0.25, 0.3) is 15.9 Å². The van der Waals surface area contributed by atoms with Crippen molar-refractivity contribution in [2.75, 3.05) is 10.0 Å². The first-order valence-electron chi connectivity index (χ1n) is 8.31. The summed E-state index contributed by atoms with van der Waals surface area (Å²) in [5, 5.41) is 4.59. The van der Waals surface area contributed by atoms with Crippen molar-refractivity contribution in [2.24, 2.45) is 0 Å². The van der Waals surface area contributed by atoms with E-state index in [9.17, 15) is 17.6 Å². The Bertz CT molecular complexity index is 1300. The Morgan fingerprint density at radius 3 is 2.62 bits per heavy atom. The van der Waals surface area contributed by atoms with E-state index < -0.39 is 21.7 Å². The fourth-order valence-corrected chi connectivity index (χ4v) is 4.55. The van der Waals surface area contributed by atoms with Crippen LogP contribution in [0.4, 0.5) is 15.2 Å². The smallest absolute Gasteiger partial charge is 0.274 e. The number of thiazole rings is 1. The first-order valence-corrected chi connectivity index (χ1v) is 10.7. The molecule has 4 aromatic rings. The van der Waals surface area contributed by atoms with Crippen LogP contribution in [0.5, 0.6) is 0 Å². The number of sulfonamides is 1. The van der Waals surface area contributed by atoms with E-state index in [2.05, 4.69) is 20.0 Å².